The SMILES string of the molecule is CC(NC(=O)c1ccncc1NN)c1ccccc1Cl. The van der Waals surface area contributed by atoms with Crippen LogP contribution in [0.5, 0.6) is 0 Å². The molecule has 2 rings (SSSR count). The van der Waals surface area contributed by atoms with Gasteiger partial charge in [-0.3, -0.25) is 15.6 Å². The van der Waals surface area contributed by atoms with Crippen molar-refractivity contribution in [1.29, 1.82) is 0 Å². The number of hydrogen-bond acceptors (Lipinski definition) is 4. The molecule has 5 nitrogen and oxygen atoms in total. The predicted molar refractivity (Wildman–Crippen MR) is 79.4 cm³/mol. The van der Waals surface area contributed by atoms with E-state index in [9.17, 15) is 4.79 Å². The lowest BCUT2D eigenvalue weighted by Gasteiger charge is -2.16. The van der Waals surface area contributed by atoms with Crippen LogP contribution in [0.25, 0.3) is 0 Å². The van der Waals surface area contributed by atoms with Crippen LogP contribution in [0, 0.1) is 0 Å². The third-order valence-electron chi connectivity index (χ3n) is 2.94. The van der Waals surface area contributed by atoms with Gasteiger partial charge in [0.1, 0.15) is 0 Å². The van der Waals surface area contributed by atoms with Gasteiger partial charge in [0.25, 0.3) is 5.91 Å². The summed E-state index contributed by atoms with van der Waals surface area (Å²) < 4.78 is 0. The molecule has 2 aromatic rings. The van der Waals surface area contributed by atoms with Crippen LogP contribution in [0.4, 0.5) is 5.69 Å². The van der Waals surface area contributed by atoms with E-state index >= 15 is 0 Å². The Hall–Kier alpha value is -2.11. The molecular formula is C14H15ClN4O. The van der Waals surface area contributed by atoms with E-state index in [1.165, 1.54) is 12.4 Å². The summed E-state index contributed by atoms with van der Waals surface area (Å²) in [5.41, 5.74) is 4.21. The van der Waals surface area contributed by atoms with Gasteiger partial charge in [-0.05, 0) is 24.6 Å². The number of carbonyl (C=O) groups is 1. The van der Waals surface area contributed by atoms with Crippen LogP contribution in [0.15, 0.2) is 42.7 Å². The van der Waals surface area contributed by atoms with Gasteiger partial charge in [-0.2, -0.15) is 0 Å². The van der Waals surface area contributed by atoms with Gasteiger partial charge < -0.3 is 10.7 Å². The summed E-state index contributed by atoms with van der Waals surface area (Å²) in [4.78, 5) is 16.1. The van der Waals surface area contributed by atoms with Crippen molar-refractivity contribution in [3.05, 3.63) is 58.9 Å². The number of benzene rings is 1. The molecule has 0 saturated carbocycles. The van der Waals surface area contributed by atoms with Crippen LogP contribution >= 0.6 is 11.6 Å². The van der Waals surface area contributed by atoms with Gasteiger partial charge in [-0.25, -0.2) is 0 Å². The molecule has 4 N–H and O–H groups in total. The summed E-state index contributed by atoms with van der Waals surface area (Å²) in [6, 6.07) is 8.78. The number of amides is 1. The zero-order chi connectivity index (χ0) is 14.5. The van der Waals surface area contributed by atoms with E-state index < -0.39 is 0 Å². The lowest BCUT2D eigenvalue weighted by Crippen LogP contribution is -2.28. The number of aromatic nitrogens is 1. The molecule has 0 radical (unpaired) electrons. The first kappa shape index (κ1) is 14.3. The van der Waals surface area contributed by atoms with Crippen LogP contribution in [-0.2, 0) is 0 Å². The molecule has 1 unspecified atom stereocenters. The topological polar surface area (TPSA) is 80.0 Å². The van der Waals surface area contributed by atoms with Crippen LogP contribution in [0.3, 0.4) is 0 Å². The first-order valence-corrected chi connectivity index (χ1v) is 6.47. The Morgan fingerprint density at radius 1 is 1.35 bits per heavy atom. The number of nitrogen functional groups attached to an aromatic ring is 1. The number of nitrogens with zero attached hydrogens (tertiary/aromatic N) is 1. The number of anilines is 1. The highest BCUT2D eigenvalue weighted by atomic mass is 35.5. The molecule has 6 heteroatoms. The maximum atomic E-state index is 12.2. The van der Waals surface area contributed by atoms with Gasteiger partial charge >= 0.3 is 0 Å². The van der Waals surface area contributed by atoms with Crippen LogP contribution in [0.2, 0.25) is 5.02 Å². The largest absolute Gasteiger partial charge is 0.345 e. The van der Waals surface area contributed by atoms with Crippen molar-refractivity contribution >= 4 is 23.2 Å². The van der Waals surface area contributed by atoms with Gasteiger partial charge in [0.15, 0.2) is 0 Å². The lowest BCUT2D eigenvalue weighted by atomic mass is 10.1. The molecule has 1 amide bonds. The minimum atomic E-state index is -0.243. The molecular weight excluding hydrogens is 276 g/mol. The highest BCUT2D eigenvalue weighted by Crippen LogP contribution is 2.23. The Labute approximate surface area is 122 Å². The van der Waals surface area contributed by atoms with Gasteiger partial charge in [0.2, 0.25) is 0 Å². The van der Waals surface area contributed by atoms with Crippen molar-refractivity contribution in [1.82, 2.24) is 10.3 Å². The highest BCUT2D eigenvalue weighted by molar-refractivity contribution is 6.31. The fourth-order valence-corrected chi connectivity index (χ4v) is 2.19. The Morgan fingerprint density at radius 3 is 2.80 bits per heavy atom. The van der Waals surface area contributed by atoms with Crippen molar-refractivity contribution in [2.75, 3.05) is 5.43 Å². The lowest BCUT2D eigenvalue weighted by molar-refractivity contribution is 0.0940. The van der Waals surface area contributed by atoms with E-state index in [0.29, 0.717) is 16.3 Å². The number of halogens is 1. The minimum Gasteiger partial charge on any atom is -0.345 e. The van der Waals surface area contributed by atoms with E-state index in [4.69, 9.17) is 17.4 Å². The normalized spacial score (nSPS) is 11.8. The third kappa shape index (κ3) is 3.07. The number of hydrazine groups is 1. The number of rotatable bonds is 4. The van der Waals surface area contributed by atoms with E-state index in [2.05, 4.69) is 15.7 Å². The standard InChI is InChI=1S/C14H15ClN4O/c1-9(10-4-2-3-5-12(10)15)18-14(20)11-6-7-17-8-13(11)19-16/h2-9,19H,16H2,1H3,(H,18,20). The molecule has 20 heavy (non-hydrogen) atoms. The van der Waals surface area contributed by atoms with Gasteiger partial charge in [-0.15, -0.1) is 0 Å². The second-order valence-electron chi connectivity index (χ2n) is 4.28. The second kappa shape index (κ2) is 6.36. The van der Waals surface area contributed by atoms with Crippen molar-refractivity contribution in [3.63, 3.8) is 0 Å². The molecule has 1 atom stereocenters. The number of pyridine rings is 1. The van der Waals surface area contributed by atoms with Crippen molar-refractivity contribution in [2.45, 2.75) is 13.0 Å². The Balaban J connectivity index is 2.18. The average Bonchev–Trinajstić information content (AvgIpc) is 2.47. The minimum absolute atomic E-state index is 0.213. The molecule has 1 aromatic heterocycles. The van der Waals surface area contributed by atoms with E-state index in [1.807, 2.05) is 25.1 Å². The average molecular weight is 291 g/mol. The fraction of sp³-hybridized carbons (Fsp3) is 0.143. The molecule has 0 fully saturated rings. The molecule has 0 aliphatic heterocycles. The Bertz CT molecular complexity index is 618. The number of carbonyl (C=O) groups excluding carboxylic acids is 1. The Kier molecular flexibility index (Phi) is 4.55. The molecule has 104 valence electrons. The van der Waals surface area contributed by atoms with E-state index in [0.717, 1.165) is 5.56 Å². The molecule has 0 aliphatic rings. The van der Waals surface area contributed by atoms with Crippen molar-refractivity contribution < 1.29 is 4.79 Å². The first-order valence-electron chi connectivity index (χ1n) is 6.09. The van der Waals surface area contributed by atoms with Gasteiger partial charge in [0, 0.05) is 11.2 Å². The first-order chi connectivity index (χ1) is 9.63. The molecule has 1 heterocycles. The molecule has 0 aliphatic carbocycles. The molecule has 0 saturated heterocycles. The van der Waals surface area contributed by atoms with Gasteiger partial charge in [-0.1, -0.05) is 29.8 Å². The van der Waals surface area contributed by atoms with Gasteiger partial charge in [0.05, 0.1) is 23.5 Å². The van der Waals surface area contributed by atoms with Crippen LogP contribution in [0.1, 0.15) is 28.9 Å². The number of hydrogen-bond donors (Lipinski definition) is 3. The van der Waals surface area contributed by atoms with E-state index in [-0.39, 0.29) is 11.9 Å². The predicted octanol–water partition coefficient (Wildman–Crippen LogP) is 2.51. The third-order valence-corrected chi connectivity index (χ3v) is 3.28. The smallest absolute Gasteiger partial charge is 0.254 e. The highest BCUT2D eigenvalue weighted by Gasteiger charge is 2.15. The van der Waals surface area contributed by atoms with Crippen LogP contribution < -0.4 is 16.6 Å². The quantitative estimate of drug-likeness (QED) is 0.597. The van der Waals surface area contributed by atoms with Crippen LogP contribution in [-0.4, -0.2) is 10.9 Å². The van der Waals surface area contributed by atoms with Crippen molar-refractivity contribution in [2.24, 2.45) is 5.84 Å². The Morgan fingerprint density at radius 2 is 2.10 bits per heavy atom. The molecule has 0 spiro atoms. The van der Waals surface area contributed by atoms with Crippen molar-refractivity contribution in [3.8, 4) is 0 Å². The zero-order valence-corrected chi connectivity index (χ0v) is 11.7. The summed E-state index contributed by atoms with van der Waals surface area (Å²) in [6.07, 6.45) is 3.03. The zero-order valence-electron chi connectivity index (χ0n) is 10.9. The summed E-state index contributed by atoms with van der Waals surface area (Å²) >= 11 is 6.11. The summed E-state index contributed by atoms with van der Waals surface area (Å²) in [6.45, 7) is 1.87. The molecule has 1 aromatic carbocycles. The number of nitrogens with two attached hydrogens (primary N) is 1. The maximum Gasteiger partial charge on any atom is 0.254 e. The maximum absolute atomic E-state index is 12.2. The number of nitrogens with one attached hydrogen (secondary N) is 2. The summed E-state index contributed by atoms with van der Waals surface area (Å²) in [5, 5.41) is 3.50. The molecule has 0 bridgehead atoms. The summed E-state index contributed by atoms with van der Waals surface area (Å²) in [5.74, 6) is 5.12. The fourth-order valence-electron chi connectivity index (χ4n) is 1.89. The van der Waals surface area contributed by atoms with E-state index in [1.54, 1.807) is 12.1 Å². The monoisotopic (exact) mass is 290 g/mol. The second-order valence-corrected chi connectivity index (χ2v) is 4.69. The summed E-state index contributed by atoms with van der Waals surface area (Å²) in [7, 11) is 0.